The zero-order valence-corrected chi connectivity index (χ0v) is 20.5. The van der Waals surface area contributed by atoms with E-state index < -0.39 is 28.3 Å². The molecule has 0 atom stereocenters. The van der Waals surface area contributed by atoms with E-state index >= 15 is 0 Å². The van der Waals surface area contributed by atoms with Crippen LogP contribution in [0, 0.1) is 5.82 Å². The minimum atomic E-state index is -4.13. The first kappa shape index (κ1) is 25.4. The number of benzene rings is 3. The molecule has 7 nitrogen and oxygen atoms in total. The third-order valence-electron chi connectivity index (χ3n) is 6.12. The van der Waals surface area contributed by atoms with Crippen LogP contribution in [-0.2, 0) is 14.8 Å². The average molecular weight is 510 g/mol. The van der Waals surface area contributed by atoms with Gasteiger partial charge in [-0.05, 0) is 61.4 Å². The van der Waals surface area contributed by atoms with Crippen molar-refractivity contribution in [3.05, 3.63) is 90.2 Å². The number of carbonyl (C=O) groups is 2. The molecule has 2 amide bonds. The maximum atomic E-state index is 13.5. The number of rotatable bonds is 8. The van der Waals surface area contributed by atoms with Crippen molar-refractivity contribution in [3.8, 4) is 0 Å². The first-order valence-electron chi connectivity index (χ1n) is 11.9. The van der Waals surface area contributed by atoms with Gasteiger partial charge in [0.25, 0.3) is 15.9 Å². The average Bonchev–Trinajstić information content (AvgIpc) is 2.89. The maximum absolute atomic E-state index is 13.5. The third kappa shape index (κ3) is 6.09. The second-order valence-corrected chi connectivity index (χ2v) is 10.6. The van der Waals surface area contributed by atoms with E-state index in [1.165, 1.54) is 24.3 Å². The summed E-state index contributed by atoms with van der Waals surface area (Å²) in [5.41, 5.74) is 0.723. The molecule has 0 aromatic heterocycles. The Hall–Kier alpha value is -3.72. The Bertz CT molecular complexity index is 1310. The number of nitrogens with zero attached hydrogens (tertiary/aromatic N) is 1. The normalized spacial score (nSPS) is 14.1. The first-order valence-corrected chi connectivity index (χ1v) is 13.3. The van der Waals surface area contributed by atoms with Gasteiger partial charge in [0.2, 0.25) is 5.91 Å². The van der Waals surface area contributed by atoms with Crippen molar-refractivity contribution in [2.45, 2.75) is 43.0 Å². The lowest BCUT2D eigenvalue weighted by Gasteiger charge is -2.25. The van der Waals surface area contributed by atoms with Crippen LogP contribution >= 0.6 is 0 Å². The molecule has 0 radical (unpaired) electrons. The molecule has 3 aromatic carbocycles. The van der Waals surface area contributed by atoms with E-state index in [1.54, 1.807) is 42.5 Å². The van der Waals surface area contributed by atoms with Gasteiger partial charge < -0.3 is 10.6 Å². The summed E-state index contributed by atoms with van der Waals surface area (Å²) in [5, 5.41) is 5.72. The highest BCUT2D eigenvalue weighted by Gasteiger charge is 2.28. The van der Waals surface area contributed by atoms with Gasteiger partial charge in [-0.15, -0.1) is 0 Å². The van der Waals surface area contributed by atoms with Gasteiger partial charge in [-0.25, -0.2) is 12.8 Å². The number of anilines is 2. The molecule has 0 saturated heterocycles. The summed E-state index contributed by atoms with van der Waals surface area (Å²) in [7, 11) is -4.13. The summed E-state index contributed by atoms with van der Waals surface area (Å²) in [6, 6.07) is 19.3. The number of carbonyl (C=O) groups excluding carboxylic acids is 2. The smallest absolute Gasteiger partial charge is 0.264 e. The van der Waals surface area contributed by atoms with Crippen molar-refractivity contribution in [2.24, 2.45) is 0 Å². The molecule has 1 fully saturated rings. The van der Waals surface area contributed by atoms with E-state index in [4.69, 9.17) is 0 Å². The number of para-hydroxylation sites is 1. The highest BCUT2D eigenvalue weighted by molar-refractivity contribution is 7.92. The number of sulfonamides is 1. The molecular weight excluding hydrogens is 481 g/mol. The molecule has 0 heterocycles. The summed E-state index contributed by atoms with van der Waals surface area (Å²) in [5.74, 6) is -1.46. The molecule has 0 unspecified atom stereocenters. The van der Waals surface area contributed by atoms with Gasteiger partial charge >= 0.3 is 0 Å². The molecule has 2 N–H and O–H groups in total. The molecule has 3 aromatic rings. The number of hydrogen-bond acceptors (Lipinski definition) is 4. The monoisotopic (exact) mass is 509 g/mol. The fourth-order valence-electron chi connectivity index (χ4n) is 4.26. The quantitative estimate of drug-likeness (QED) is 0.459. The molecule has 1 aliphatic rings. The fraction of sp³-hybridized carbons (Fsp3) is 0.259. The van der Waals surface area contributed by atoms with Crippen molar-refractivity contribution in [1.29, 1.82) is 0 Å². The molecule has 9 heteroatoms. The van der Waals surface area contributed by atoms with Gasteiger partial charge in [0.1, 0.15) is 12.4 Å². The molecule has 0 aliphatic heterocycles. The largest absolute Gasteiger partial charge is 0.349 e. The standard InChI is InChI=1S/C27H28FN3O4S/c28-20-15-17-22(18-16-20)31(36(34,35)23-11-5-2-6-12-23)19-26(32)30-25-14-8-7-13-24(25)27(33)29-21-9-3-1-4-10-21/h2,5-8,11-18,21H,1,3-4,9-10,19H2,(H,29,33)(H,30,32). The predicted octanol–water partition coefficient (Wildman–Crippen LogP) is 4.72. The molecule has 188 valence electrons. The van der Waals surface area contributed by atoms with E-state index in [1.807, 2.05) is 0 Å². The Morgan fingerprint density at radius 3 is 2.19 bits per heavy atom. The predicted molar refractivity (Wildman–Crippen MR) is 137 cm³/mol. The zero-order chi connectivity index (χ0) is 25.5. The molecule has 1 aliphatic carbocycles. The molecule has 36 heavy (non-hydrogen) atoms. The van der Waals surface area contributed by atoms with E-state index in [9.17, 15) is 22.4 Å². The Morgan fingerprint density at radius 1 is 0.861 bits per heavy atom. The van der Waals surface area contributed by atoms with E-state index in [-0.39, 0.29) is 28.2 Å². The minimum absolute atomic E-state index is 0.00520. The van der Waals surface area contributed by atoms with Crippen molar-refractivity contribution < 1.29 is 22.4 Å². The SMILES string of the molecule is O=C(CN(c1ccc(F)cc1)S(=O)(=O)c1ccccc1)Nc1ccccc1C(=O)NC1CCCCC1. The van der Waals surface area contributed by atoms with Crippen molar-refractivity contribution in [3.63, 3.8) is 0 Å². The van der Waals surface area contributed by atoms with Crippen LogP contribution in [0.4, 0.5) is 15.8 Å². The molecule has 0 spiro atoms. The van der Waals surface area contributed by atoms with Gasteiger partial charge in [0.05, 0.1) is 21.8 Å². The zero-order valence-electron chi connectivity index (χ0n) is 19.7. The van der Waals surface area contributed by atoms with Crippen LogP contribution in [0.25, 0.3) is 0 Å². The van der Waals surface area contributed by atoms with Gasteiger partial charge in [0, 0.05) is 6.04 Å². The topological polar surface area (TPSA) is 95.6 Å². The molecule has 4 rings (SSSR count). The van der Waals surface area contributed by atoms with Crippen LogP contribution in [0.2, 0.25) is 0 Å². The van der Waals surface area contributed by atoms with Crippen LogP contribution in [0.15, 0.2) is 83.8 Å². The van der Waals surface area contributed by atoms with Crippen molar-refractivity contribution in [2.75, 3.05) is 16.2 Å². The van der Waals surface area contributed by atoms with Crippen LogP contribution in [-0.4, -0.2) is 32.8 Å². The van der Waals surface area contributed by atoms with Gasteiger partial charge in [0.15, 0.2) is 0 Å². The highest BCUT2D eigenvalue weighted by atomic mass is 32.2. The van der Waals surface area contributed by atoms with Gasteiger partial charge in [-0.3, -0.25) is 13.9 Å². The number of hydrogen-bond donors (Lipinski definition) is 2. The lowest BCUT2D eigenvalue weighted by molar-refractivity contribution is -0.114. The Labute approximate surface area is 210 Å². The molecule has 1 saturated carbocycles. The maximum Gasteiger partial charge on any atom is 0.264 e. The number of halogens is 1. The highest BCUT2D eigenvalue weighted by Crippen LogP contribution is 2.25. The van der Waals surface area contributed by atoms with Crippen molar-refractivity contribution in [1.82, 2.24) is 5.32 Å². The second-order valence-electron chi connectivity index (χ2n) is 8.70. The number of amides is 2. The lowest BCUT2D eigenvalue weighted by Crippen LogP contribution is -2.39. The van der Waals surface area contributed by atoms with Crippen molar-refractivity contribution >= 4 is 33.2 Å². The summed E-state index contributed by atoms with van der Waals surface area (Å²) < 4.78 is 41.2. The van der Waals surface area contributed by atoms with E-state index in [0.717, 1.165) is 48.5 Å². The third-order valence-corrected chi connectivity index (χ3v) is 7.91. The fourth-order valence-corrected chi connectivity index (χ4v) is 5.70. The summed E-state index contributed by atoms with van der Waals surface area (Å²) >= 11 is 0. The van der Waals surface area contributed by atoms with Crippen LogP contribution in [0.5, 0.6) is 0 Å². The summed E-state index contributed by atoms with van der Waals surface area (Å²) in [6.45, 7) is -0.568. The second kappa shape index (κ2) is 11.3. The van der Waals surface area contributed by atoms with Gasteiger partial charge in [-0.1, -0.05) is 49.6 Å². The summed E-state index contributed by atoms with van der Waals surface area (Å²) in [4.78, 5) is 26.0. The molecule has 0 bridgehead atoms. The Balaban J connectivity index is 1.56. The Morgan fingerprint density at radius 2 is 1.50 bits per heavy atom. The minimum Gasteiger partial charge on any atom is -0.349 e. The Kier molecular flexibility index (Phi) is 8.00. The summed E-state index contributed by atoms with van der Waals surface area (Å²) in [6.07, 6.45) is 5.14. The van der Waals surface area contributed by atoms with Crippen LogP contribution in [0.1, 0.15) is 42.5 Å². The van der Waals surface area contributed by atoms with Gasteiger partial charge in [-0.2, -0.15) is 0 Å². The molecular formula is C27H28FN3O4S. The lowest BCUT2D eigenvalue weighted by atomic mass is 9.95. The van der Waals surface area contributed by atoms with Crippen LogP contribution < -0.4 is 14.9 Å². The number of nitrogens with one attached hydrogen (secondary N) is 2. The van der Waals surface area contributed by atoms with Crippen LogP contribution in [0.3, 0.4) is 0 Å². The first-order chi connectivity index (χ1) is 17.3. The van der Waals surface area contributed by atoms with E-state index in [2.05, 4.69) is 10.6 Å². The van der Waals surface area contributed by atoms with E-state index in [0.29, 0.717) is 5.56 Å².